The van der Waals surface area contributed by atoms with E-state index in [2.05, 4.69) is 0 Å². The molecule has 0 fully saturated rings. The molecular formula is C13H11ClFN. The number of hydrogen-bond donors (Lipinski definition) is 1. The van der Waals surface area contributed by atoms with Crippen LogP contribution in [0.25, 0.3) is 11.1 Å². The van der Waals surface area contributed by atoms with Crippen LogP contribution in [0.2, 0.25) is 5.02 Å². The van der Waals surface area contributed by atoms with Gasteiger partial charge in [0, 0.05) is 5.69 Å². The molecule has 2 N–H and O–H groups in total. The van der Waals surface area contributed by atoms with Crippen LogP contribution in [0.5, 0.6) is 0 Å². The molecule has 0 bridgehead atoms. The van der Waals surface area contributed by atoms with Crippen molar-refractivity contribution in [2.75, 3.05) is 5.73 Å². The van der Waals surface area contributed by atoms with Gasteiger partial charge in [0.25, 0.3) is 0 Å². The van der Waals surface area contributed by atoms with Crippen LogP contribution in [0.4, 0.5) is 10.1 Å². The molecule has 0 saturated heterocycles. The summed E-state index contributed by atoms with van der Waals surface area (Å²) in [5, 5.41) is 0.131. The SMILES string of the molecule is Cc1cc(-c2ccc(F)c(Cl)c2)ccc1N. The van der Waals surface area contributed by atoms with E-state index in [-0.39, 0.29) is 5.02 Å². The maximum absolute atomic E-state index is 13.0. The van der Waals surface area contributed by atoms with Gasteiger partial charge in [-0.2, -0.15) is 0 Å². The quantitative estimate of drug-likeness (QED) is 0.742. The zero-order chi connectivity index (χ0) is 11.7. The number of halogens is 2. The van der Waals surface area contributed by atoms with Gasteiger partial charge in [-0.25, -0.2) is 4.39 Å². The minimum absolute atomic E-state index is 0.131. The first kappa shape index (κ1) is 11.0. The average molecular weight is 236 g/mol. The number of benzene rings is 2. The van der Waals surface area contributed by atoms with Crippen LogP contribution in [0.3, 0.4) is 0 Å². The Morgan fingerprint density at radius 3 is 2.31 bits per heavy atom. The molecule has 0 heterocycles. The Labute approximate surface area is 98.7 Å². The van der Waals surface area contributed by atoms with E-state index in [1.165, 1.54) is 6.07 Å². The summed E-state index contributed by atoms with van der Waals surface area (Å²) < 4.78 is 13.0. The van der Waals surface area contributed by atoms with Crippen molar-refractivity contribution in [3.05, 3.63) is 52.8 Å². The van der Waals surface area contributed by atoms with E-state index in [0.717, 1.165) is 22.4 Å². The van der Waals surface area contributed by atoms with E-state index in [9.17, 15) is 4.39 Å². The van der Waals surface area contributed by atoms with Crippen molar-refractivity contribution in [3.8, 4) is 11.1 Å². The normalized spacial score (nSPS) is 10.4. The Morgan fingerprint density at radius 1 is 1.06 bits per heavy atom. The molecule has 0 amide bonds. The lowest BCUT2D eigenvalue weighted by atomic mass is 10.0. The lowest BCUT2D eigenvalue weighted by Gasteiger charge is -2.06. The van der Waals surface area contributed by atoms with Gasteiger partial charge in [0.2, 0.25) is 0 Å². The van der Waals surface area contributed by atoms with Gasteiger partial charge in [0.05, 0.1) is 5.02 Å². The van der Waals surface area contributed by atoms with Gasteiger partial charge >= 0.3 is 0 Å². The summed E-state index contributed by atoms with van der Waals surface area (Å²) in [7, 11) is 0. The van der Waals surface area contributed by atoms with E-state index in [1.807, 2.05) is 25.1 Å². The van der Waals surface area contributed by atoms with Crippen LogP contribution >= 0.6 is 11.6 Å². The van der Waals surface area contributed by atoms with Crippen molar-refractivity contribution in [2.45, 2.75) is 6.92 Å². The lowest BCUT2D eigenvalue weighted by Crippen LogP contribution is -1.89. The van der Waals surface area contributed by atoms with Gasteiger partial charge in [-0.15, -0.1) is 0 Å². The first-order valence-electron chi connectivity index (χ1n) is 4.89. The molecule has 2 rings (SSSR count). The van der Waals surface area contributed by atoms with E-state index in [4.69, 9.17) is 17.3 Å². The summed E-state index contributed by atoms with van der Waals surface area (Å²) in [6.07, 6.45) is 0. The summed E-state index contributed by atoms with van der Waals surface area (Å²) in [6, 6.07) is 10.4. The second-order valence-electron chi connectivity index (χ2n) is 3.70. The molecule has 0 spiro atoms. The fourth-order valence-electron chi connectivity index (χ4n) is 1.53. The largest absolute Gasteiger partial charge is 0.399 e. The highest BCUT2D eigenvalue weighted by Crippen LogP contribution is 2.26. The number of anilines is 1. The monoisotopic (exact) mass is 235 g/mol. The predicted octanol–water partition coefficient (Wildman–Crippen LogP) is 4.04. The Hall–Kier alpha value is -1.54. The molecule has 3 heteroatoms. The van der Waals surface area contributed by atoms with E-state index >= 15 is 0 Å². The lowest BCUT2D eigenvalue weighted by molar-refractivity contribution is 0.628. The molecule has 0 saturated carbocycles. The molecule has 82 valence electrons. The van der Waals surface area contributed by atoms with Crippen molar-refractivity contribution >= 4 is 17.3 Å². The molecule has 2 aromatic carbocycles. The molecule has 0 aromatic heterocycles. The van der Waals surface area contributed by atoms with Gasteiger partial charge in [-0.3, -0.25) is 0 Å². The van der Waals surface area contributed by atoms with Gasteiger partial charge in [-0.1, -0.05) is 23.7 Å². The molecule has 2 aromatic rings. The van der Waals surface area contributed by atoms with Crippen LogP contribution < -0.4 is 5.73 Å². The number of rotatable bonds is 1. The molecule has 0 atom stereocenters. The molecule has 0 unspecified atom stereocenters. The van der Waals surface area contributed by atoms with Crippen molar-refractivity contribution in [2.24, 2.45) is 0 Å². The Morgan fingerprint density at radius 2 is 1.69 bits per heavy atom. The minimum atomic E-state index is -0.405. The predicted molar refractivity (Wildman–Crippen MR) is 66.0 cm³/mol. The first-order valence-corrected chi connectivity index (χ1v) is 5.27. The van der Waals surface area contributed by atoms with E-state index < -0.39 is 5.82 Å². The molecule has 16 heavy (non-hydrogen) atoms. The van der Waals surface area contributed by atoms with Crippen molar-refractivity contribution in [3.63, 3.8) is 0 Å². The summed E-state index contributed by atoms with van der Waals surface area (Å²) in [5.41, 5.74) is 9.34. The third-order valence-electron chi connectivity index (χ3n) is 2.52. The van der Waals surface area contributed by atoms with Crippen molar-refractivity contribution < 1.29 is 4.39 Å². The van der Waals surface area contributed by atoms with Crippen LogP contribution in [-0.4, -0.2) is 0 Å². The van der Waals surface area contributed by atoms with Crippen LogP contribution in [0.15, 0.2) is 36.4 Å². The highest BCUT2D eigenvalue weighted by Gasteiger charge is 2.04. The second-order valence-corrected chi connectivity index (χ2v) is 4.11. The van der Waals surface area contributed by atoms with Gasteiger partial charge in [-0.05, 0) is 47.9 Å². The fraction of sp³-hybridized carbons (Fsp3) is 0.0769. The third-order valence-corrected chi connectivity index (χ3v) is 2.81. The maximum Gasteiger partial charge on any atom is 0.141 e. The number of nitrogens with two attached hydrogens (primary N) is 1. The zero-order valence-corrected chi connectivity index (χ0v) is 9.55. The standard InChI is InChI=1S/C13H11ClFN/c1-8-6-9(3-5-13(8)16)10-2-4-12(15)11(14)7-10/h2-7H,16H2,1H3. The fourth-order valence-corrected chi connectivity index (χ4v) is 1.71. The van der Waals surface area contributed by atoms with Gasteiger partial charge in [0.15, 0.2) is 0 Å². The van der Waals surface area contributed by atoms with Gasteiger partial charge < -0.3 is 5.73 Å². The van der Waals surface area contributed by atoms with Crippen LogP contribution in [-0.2, 0) is 0 Å². The summed E-state index contributed by atoms with van der Waals surface area (Å²) in [6.45, 7) is 1.93. The number of nitrogen functional groups attached to an aromatic ring is 1. The zero-order valence-electron chi connectivity index (χ0n) is 8.80. The molecule has 0 aliphatic rings. The van der Waals surface area contributed by atoms with Crippen molar-refractivity contribution in [1.29, 1.82) is 0 Å². The maximum atomic E-state index is 13.0. The van der Waals surface area contributed by atoms with Crippen LogP contribution in [0, 0.1) is 12.7 Å². The highest BCUT2D eigenvalue weighted by molar-refractivity contribution is 6.31. The molecular weight excluding hydrogens is 225 g/mol. The Balaban J connectivity index is 2.50. The molecule has 1 nitrogen and oxygen atoms in total. The van der Waals surface area contributed by atoms with Crippen molar-refractivity contribution in [1.82, 2.24) is 0 Å². The topological polar surface area (TPSA) is 26.0 Å². The Kier molecular flexibility index (Phi) is 2.84. The summed E-state index contributed by atoms with van der Waals surface area (Å²) in [5.74, 6) is -0.405. The highest BCUT2D eigenvalue weighted by atomic mass is 35.5. The van der Waals surface area contributed by atoms with E-state index in [1.54, 1.807) is 12.1 Å². The molecule has 0 aliphatic carbocycles. The summed E-state index contributed by atoms with van der Waals surface area (Å²) in [4.78, 5) is 0. The smallest absolute Gasteiger partial charge is 0.141 e. The second kappa shape index (κ2) is 4.14. The van der Waals surface area contributed by atoms with E-state index in [0.29, 0.717) is 0 Å². The summed E-state index contributed by atoms with van der Waals surface area (Å²) >= 11 is 5.74. The first-order chi connectivity index (χ1) is 7.58. The minimum Gasteiger partial charge on any atom is -0.399 e. The average Bonchev–Trinajstić information content (AvgIpc) is 2.26. The van der Waals surface area contributed by atoms with Gasteiger partial charge in [0.1, 0.15) is 5.82 Å². The Bertz CT molecular complexity index is 488. The number of aryl methyl sites for hydroxylation is 1. The number of hydrogen-bond acceptors (Lipinski definition) is 1. The van der Waals surface area contributed by atoms with Crippen LogP contribution in [0.1, 0.15) is 5.56 Å². The molecule has 0 aliphatic heterocycles. The molecule has 0 radical (unpaired) electrons. The third kappa shape index (κ3) is 2.02.